The molecule has 0 amide bonds. The third-order valence-corrected chi connectivity index (χ3v) is 4.04. The van der Waals surface area contributed by atoms with E-state index in [0.29, 0.717) is 12.1 Å². The number of rotatable bonds is 6. The predicted octanol–water partition coefficient (Wildman–Crippen LogP) is 4.47. The molecule has 3 nitrogen and oxygen atoms in total. The van der Waals surface area contributed by atoms with Crippen LogP contribution in [0.4, 0.5) is 0 Å². The van der Waals surface area contributed by atoms with Crippen molar-refractivity contribution < 1.29 is 0 Å². The van der Waals surface area contributed by atoms with E-state index >= 15 is 0 Å². The SMILES string of the molecule is CCC(NCc1cncn1C(C)C)c1ccc(Br)cc1. The number of imidazole rings is 1. The molecule has 0 aliphatic heterocycles. The van der Waals surface area contributed by atoms with E-state index in [1.807, 2.05) is 12.5 Å². The van der Waals surface area contributed by atoms with Crippen LogP contribution in [0, 0.1) is 0 Å². The topological polar surface area (TPSA) is 29.9 Å². The molecule has 20 heavy (non-hydrogen) atoms. The van der Waals surface area contributed by atoms with Gasteiger partial charge in [0.1, 0.15) is 0 Å². The van der Waals surface area contributed by atoms with Crippen molar-refractivity contribution in [2.24, 2.45) is 0 Å². The maximum atomic E-state index is 4.25. The van der Waals surface area contributed by atoms with Crippen LogP contribution in [0.15, 0.2) is 41.3 Å². The van der Waals surface area contributed by atoms with E-state index in [0.717, 1.165) is 17.4 Å². The molecule has 2 rings (SSSR count). The molecule has 1 N–H and O–H groups in total. The third kappa shape index (κ3) is 3.70. The lowest BCUT2D eigenvalue weighted by atomic mass is 10.0. The zero-order valence-electron chi connectivity index (χ0n) is 12.3. The lowest BCUT2D eigenvalue weighted by Gasteiger charge is -2.19. The van der Waals surface area contributed by atoms with Crippen molar-refractivity contribution in [2.45, 2.75) is 45.8 Å². The lowest BCUT2D eigenvalue weighted by Crippen LogP contribution is -2.22. The van der Waals surface area contributed by atoms with Gasteiger partial charge in [-0.15, -0.1) is 0 Å². The number of aromatic nitrogens is 2. The van der Waals surface area contributed by atoms with Crippen LogP contribution < -0.4 is 5.32 Å². The summed E-state index contributed by atoms with van der Waals surface area (Å²) in [4.78, 5) is 4.25. The van der Waals surface area contributed by atoms with E-state index in [2.05, 4.69) is 75.8 Å². The fourth-order valence-electron chi connectivity index (χ4n) is 2.35. The fourth-order valence-corrected chi connectivity index (χ4v) is 2.62. The first-order chi connectivity index (χ1) is 9.61. The highest BCUT2D eigenvalue weighted by molar-refractivity contribution is 9.10. The Hall–Kier alpha value is -1.13. The van der Waals surface area contributed by atoms with E-state index in [9.17, 15) is 0 Å². The van der Waals surface area contributed by atoms with Crippen molar-refractivity contribution in [2.75, 3.05) is 0 Å². The van der Waals surface area contributed by atoms with Gasteiger partial charge in [0.15, 0.2) is 0 Å². The standard InChI is InChI=1S/C16H22BrN3/c1-4-16(13-5-7-14(17)8-6-13)19-10-15-9-18-11-20(15)12(2)3/h5-9,11-12,16,19H,4,10H2,1-3H3. The zero-order valence-corrected chi connectivity index (χ0v) is 13.9. The van der Waals surface area contributed by atoms with Crippen LogP contribution in [0.1, 0.15) is 50.5 Å². The molecular formula is C16H22BrN3. The van der Waals surface area contributed by atoms with E-state index in [1.165, 1.54) is 11.3 Å². The highest BCUT2D eigenvalue weighted by Crippen LogP contribution is 2.20. The van der Waals surface area contributed by atoms with Crippen molar-refractivity contribution >= 4 is 15.9 Å². The Labute approximate surface area is 129 Å². The Morgan fingerprint density at radius 1 is 1.25 bits per heavy atom. The van der Waals surface area contributed by atoms with Crippen molar-refractivity contribution in [1.29, 1.82) is 0 Å². The first-order valence-corrected chi connectivity index (χ1v) is 7.90. The van der Waals surface area contributed by atoms with Crippen LogP contribution in [-0.4, -0.2) is 9.55 Å². The van der Waals surface area contributed by atoms with Gasteiger partial charge in [0.2, 0.25) is 0 Å². The summed E-state index contributed by atoms with van der Waals surface area (Å²) >= 11 is 3.48. The minimum atomic E-state index is 0.374. The second-order valence-electron chi connectivity index (χ2n) is 5.28. The van der Waals surface area contributed by atoms with Crippen LogP contribution >= 0.6 is 15.9 Å². The first-order valence-electron chi connectivity index (χ1n) is 7.11. The fraction of sp³-hybridized carbons (Fsp3) is 0.438. The van der Waals surface area contributed by atoms with E-state index in [-0.39, 0.29) is 0 Å². The average molecular weight is 336 g/mol. The largest absolute Gasteiger partial charge is 0.331 e. The van der Waals surface area contributed by atoms with Crippen LogP contribution in [-0.2, 0) is 6.54 Å². The van der Waals surface area contributed by atoms with Gasteiger partial charge in [-0.05, 0) is 38.0 Å². The van der Waals surface area contributed by atoms with E-state index < -0.39 is 0 Å². The first kappa shape index (κ1) is 15.3. The molecule has 0 fully saturated rings. The molecule has 0 radical (unpaired) electrons. The molecule has 4 heteroatoms. The van der Waals surface area contributed by atoms with E-state index in [1.54, 1.807) is 0 Å². The third-order valence-electron chi connectivity index (χ3n) is 3.51. The summed E-state index contributed by atoms with van der Waals surface area (Å²) < 4.78 is 3.33. The molecule has 0 aliphatic carbocycles. The van der Waals surface area contributed by atoms with Crippen molar-refractivity contribution in [1.82, 2.24) is 14.9 Å². The molecule has 2 aromatic rings. The second kappa shape index (κ2) is 7.04. The summed E-state index contributed by atoms with van der Waals surface area (Å²) in [6.45, 7) is 7.40. The lowest BCUT2D eigenvalue weighted by molar-refractivity contribution is 0.488. The summed E-state index contributed by atoms with van der Waals surface area (Å²) in [5.74, 6) is 0. The second-order valence-corrected chi connectivity index (χ2v) is 6.19. The Kier molecular flexibility index (Phi) is 5.38. The van der Waals surface area contributed by atoms with Crippen molar-refractivity contribution in [3.63, 3.8) is 0 Å². The Bertz CT molecular complexity index is 531. The normalized spacial score (nSPS) is 12.8. The van der Waals surface area contributed by atoms with Gasteiger partial charge >= 0.3 is 0 Å². The predicted molar refractivity (Wildman–Crippen MR) is 86.6 cm³/mol. The Balaban J connectivity index is 2.04. The Morgan fingerprint density at radius 3 is 2.55 bits per heavy atom. The summed E-state index contributed by atoms with van der Waals surface area (Å²) in [6.07, 6.45) is 4.92. The minimum absolute atomic E-state index is 0.374. The zero-order chi connectivity index (χ0) is 14.5. The smallest absolute Gasteiger partial charge is 0.0951 e. The van der Waals surface area contributed by atoms with Gasteiger partial charge in [0.05, 0.1) is 12.0 Å². The van der Waals surface area contributed by atoms with Gasteiger partial charge in [-0.25, -0.2) is 4.98 Å². The van der Waals surface area contributed by atoms with Gasteiger partial charge in [-0.2, -0.15) is 0 Å². The number of benzene rings is 1. The number of hydrogen-bond donors (Lipinski definition) is 1. The van der Waals surface area contributed by atoms with Crippen LogP contribution in [0.2, 0.25) is 0 Å². The molecule has 0 spiro atoms. The molecular weight excluding hydrogens is 314 g/mol. The number of nitrogens with one attached hydrogen (secondary N) is 1. The molecule has 1 aromatic heterocycles. The van der Waals surface area contributed by atoms with Gasteiger partial charge < -0.3 is 9.88 Å². The van der Waals surface area contributed by atoms with Gasteiger partial charge in [-0.1, -0.05) is 35.0 Å². The van der Waals surface area contributed by atoms with Gasteiger partial charge in [0, 0.05) is 29.3 Å². The number of halogens is 1. The van der Waals surface area contributed by atoms with Gasteiger partial charge in [0.25, 0.3) is 0 Å². The highest BCUT2D eigenvalue weighted by atomic mass is 79.9. The van der Waals surface area contributed by atoms with E-state index in [4.69, 9.17) is 0 Å². The highest BCUT2D eigenvalue weighted by Gasteiger charge is 2.11. The summed E-state index contributed by atoms with van der Waals surface area (Å²) in [5, 5.41) is 3.63. The molecule has 0 aliphatic rings. The molecule has 1 heterocycles. The van der Waals surface area contributed by atoms with Crippen LogP contribution in [0.25, 0.3) is 0 Å². The molecule has 1 atom stereocenters. The number of nitrogens with zero attached hydrogens (tertiary/aromatic N) is 2. The minimum Gasteiger partial charge on any atom is -0.331 e. The maximum Gasteiger partial charge on any atom is 0.0951 e. The summed E-state index contributed by atoms with van der Waals surface area (Å²) in [6, 6.07) is 9.35. The van der Waals surface area contributed by atoms with Crippen LogP contribution in [0.5, 0.6) is 0 Å². The van der Waals surface area contributed by atoms with Crippen molar-refractivity contribution in [3.8, 4) is 0 Å². The molecule has 1 aromatic carbocycles. The van der Waals surface area contributed by atoms with Gasteiger partial charge in [-0.3, -0.25) is 0 Å². The molecule has 108 valence electrons. The summed E-state index contributed by atoms with van der Waals surface area (Å²) in [5.41, 5.74) is 2.56. The monoisotopic (exact) mass is 335 g/mol. The van der Waals surface area contributed by atoms with Crippen molar-refractivity contribution in [3.05, 3.63) is 52.5 Å². The maximum absolute atomic E-state index is 4.25. The average Bonchev–Trinajstić information content (AvgIpc) is 2.90. The summed E-state index contributed by atoms with van der Waals surface area (Å²) in [7, 11) is 0. The molecule has 0 saturated heterocycles. The molecule has 0 saturated carbocycles. The Morgan fingerprint density at radius 2 is 1.95 bits per heavy atom. The molecule has 0 bridgehead atoms. The number of hydrogen-bond acceptors (Lipinski definition) is 2. The quantitative estimate of drug-likeness (QED) is 0.844. The van der Waals surface area contributed by atoms with Crippen LogP contribution in [0.3, 0.4) is 0 Å². The molecule has 1 unspecified atom stereocenters.